The normalized spacial score (nSPS) is 13.5. The van der Waals surface area contributed by atoms with Crippen LogP contribution in [0, 0.1) is 5.41 Å². The van der Waals surface area contributed by atoms with E-state index in [1.54, 1.807) is 7.11 Å². The number of halogens is 1. The van der Waals surface area contributed by atoms with Gasteiger partial charge in [-0.15, -0.1) is 0 Å². The van der Waals surface area contributed by atoms with E-state index in [2.05, 4.69) is 55.0 Å². The largest absolute Gasteiger partial charge is 0.496 e. The second-order valence-corrected chi connectivity index (χ2v) is 6.16. The van der Waals surface area contributed by atoms with E-state index < -0.39 is 0 Å². The molecule has 3 heteroatoms. The number of ether oxygens (including phenoxy) is 1. The molecule has 0 aliphatic rings. The molecule has 1 unspecified atom stereocenters. The molecule has 0 amide bonds. The molecule has 0 saturated heterocycles. The molecule has 0 aliphatic carbocycles. The maximum atomic E-state index is 5.46. The van der Waals surface area contributed by atoms with Gasteiger partial charge in [-0.2, -0.15) is 0 Å². The minimum Gasteiger partial charge on any atom is -0.496 e. The summed E-state index contributed by atoms with van der Waals surface area (Å²) in [6, 6.07) is 6.43. The molecule has 0 bridgehead atoms. The summed E-state index contributed by atoms with van der Waals surface area (Å²) < 4.78 is 6.55. The van der Waals surface area contributed by atoms with Crippen LogP contribution in [0.4, 0.5) is 0 Å². The van der Waals surface area contributed by atoms with Gasteiger partial charge in [0.1, 0.15) is 5.75 Å². The topological polar surface area (TPSA) is 21.3 Å². The van der Waals surface area contributed by atoms with Crippen LogP contribution >= 0.6 is 15.9 Å². The van der Waals surface area contributed by atoms with E-state index >= 15 is 0 Å². The zero-order valence-electron chi connectivity index (χ0n) is 11.3. The highest BCUT2D eigenvalue weighted by atomic mass is 79.9. The first-order chi connectivity index (χ1) is 7.90. The molecule has 1 aromatic carbocycles. The van der Waals surface area contributed by atoms with Crippen molar-refractivity contribution in [2.45, 2.75) is 33.7 Å². The second kappa shape index (κ2) is 5.87. The summed E-state index contributed by atoms with van der Waals surface area (Å²) >= 11 is 3.53. The Morgan fingerprint density at radius 3 is 2.47 bits per heavy atom. The van der Waals surface area contributed by atoms with Crippen LogP contribution < -0.4 is 10.1 Å². The van der Waals surface area contributed by atoms with E-state index in [0.29, 0.717) is 0 Å². The summed E-state index contributed by atoms with van der Waals surface area (Å²) in [6.45, 7) is 9.78. The predicted octanol–water partition coefficient (Wildman–Crippen LogP) is 4.15. The fraction of sp³-hybridized carbons (Fsp3) is 0.571. The van der Waals surface area contributed by atoms with Crippen molar-refractivity contribution in [3.05, 3.63) is 28.2 Å². The lowest BCUT2D eigenvalue weighted by molar-refractivity contribution is 0.268. The van der Waals surface area contributed by atoms with Crippen molar-refractivity contribution >= 4 is 15.9 Å². The van der Waals surface area contributed by atoms with Crippen molar-refractivity contribution in [3.8, 4) is 5.75 Å². The highest BCUT2D eigenvalue weighted by Gasteiger charge is 2.27. The minimum absolute atomic E-state index is 0.143. The Labute approximate surface area is 113 Å². The molecule has 17 heavy (non-hydrogen) atoms. The first-order valence-corrected chi connectivity index (χ1v) is 6.76. The van der Waals surface area contributed by atoms with Crippen LogP contribution in [-0.4, -0.2) is 13.7 Å². The first-order valence-electron chi connectivity index (χ1n) is 5.97. The molecular weight excluding hydrogens is 278 g/mol. The molecule has 2 nitrogen and oxygen atoms in total. The van der Waals surface area contributed by atoms with Gasteiger partial charge in [0, 0.05) is 16.1 Å². The molecule has 1 rings (SSSR count). The van der Waals surface area contributed by atoms with Crippen LogP contribution in [-0.2, 0) is 0 Å². The Hall–Kier alpha value is -0.540. The zero-order chi connectivity index (χ0) is 13.1. The highest BCUT2D eigenvalue weighted by Crippen LogP contribution is 2.38. The van der Waals surface area contributed by atoms with Crippen LogP contribution in [0.2, 0.25) is 0 Å². The third-order valence-corrected chi connectivity index (χ3v) is 3.27. The lowest BCUT2D eigenvalue weighted by atomic mass is 9.82. The van der Waals surface area contributed by atoms with E-state index in [-0.39, 0.29) is 11.5 Å². The number of hydrogen-bond acceptors (Lipinski definition) is 2. The van der Waals surface area contributed by atoms with Crippen molar-refractivity contribution in [1.29, 1.82) is 0 Å². The van der Waals surface area contributed by atoms with Crippen molar-refractivity contribution < 1.29 is 4.74 Å². The Balaban J connectivity index is 3.21. The third kappa shape index (κ3) is 3.71. The van der Waals surface area contributed by atoms with Gasteiger partial charge in [-0.05, 0) is 30.2 Å². The van der Waals surface area contributed by atoms with Gasteiger partial charge in [0.15, 0.2) is 0 Å². The maximum absolute atomic E-state index is 5.46. The monoisotopic (exact) mass is 299 g/mol. The summed E-state index contributed by atoms with van der Waals surface area (Å²) in [7, 11) is 1.72. The number of benzene rings is 1. The maximum Gasteiger partial charge on any atom is 0.123 e. The SMILES string of the molecule is CCNC(c1cc(Br)ccc1OC)C(C)(C)C. The average Bonchev–Trinajstić information content (AvgIpc) is 2.24. The standard InChI is InChI=1S/C14H22BrNO/c1-6-16-13(14(2,3)4)11-9-10(15)7-8-12(11)17-5/h7-9,13,16H,6H2,1-5H3. The van der Waals surface area contributed by atoms with E-state index in [0.717, 1.165) is 16.8 Å². The fourth-order valence-corrected chi connectivity index (χ4v) is 2.40. The molecule has 0 heterocycles. The van der Waals surface area contributed by atoms with E-state index in [4.69, 9.17) is 4.74 Å². The smallest absolute Gasteiger partial charge is 0.123 e. The quantitative estimate of drug-likeness (QED) is 0.901. The van der Waals surface area contributed by atoms with Gasteiger partial charge in [0.05, 0.1) is 7.11 Å². The van der Waals surface area contributed by atoms with E-state index in [9.17, 15) is 0 Å². The first kappa shape index (κ1) is 14.5. The van der Waals surface area contributed by atoms with Gasteiger partial charge in [-0.3, -0.25) is 0 Å². The van der Waals surface area contributed by atoms with Crippen LogP contribution in [0.25, 0.3) is 0 Å². The molecule has 0 radical (unpaired) electrons. The summed E-state index contributed by atoms with van der Waals surface area (Å²) in [4.78, 5) is 0. The second-order valence-electron chi connectivity index (χ2n) is 5.24. The zero-order valence-corrected chi connectivity index (χ0v) is 12.9. The van der Waals surface area contributed by atoms with Gasteiger partial charge in [-0.25, -0.2) is 0 Å². The van der Waals surface area contributed by atoms with Crippen LogP contribution in [0.3, 0.4) is 0 Å². The lowest BCUT2D eigenvalue weighted by Crippen LogP contribution is -2.32. The van der Waals surface area contributed by atoms with Crippen LogP contribution in [0.5, 0.6) is 5.75 Å². The van der Waals surface area contributed by atoms with Gasteiger partial charge >= 0.3 is 0 Å². The predicted molar refractivity (Wildman–Crippen MR) is 76.6 cm³/mol. The third-order valence-electron chi connectivity index (χ3n) is 2.78. The Kier molecular flexibility index (Phi) is 5.02. The highest BCUT2D eigenvalue weighted by molar-refractivity contribution is 9.10. The Morgan fingerprint density at radius 2 is 2.00 bits per heavy atom. The minimum atomic E-state index is 0.143. The van der Waals surface area contributed by atoms with Crippen molar-refractivity contribution in [2.75, 3.05) is 13.7 Å². The van der Waals surface area contributed by atoms with Crippen molar-refractivity contribution in [3.63, 3.8) is 0 Å². The Bertz CT molecular complexity index is 371. The molecule has 0 aromatic heterocycles. The van der Waals surface area contributed by atoms with E-state index in [1.807, 2.05) is 12.1 Å². The number of rotatable bonds is 4. The molecule has 1 atom stereocenters. The summed E-state index contributed by atoms with van der Waals surface area (Å²) in [6.07, 6.45) is 0. The summed E-state index contributed by atoms with van der Waals surface area (Å²) in [5.74, 6) is 0.939. The average molecular weight is 300 g/mol. The van der Waals surface area contributed by atoms with Gasteiger partial charge in [0.25, 0.3) is 0 Å². The number of nitrogens with one attached hydrogen (secondary N) is 1. The van der Waals surface area contributed by atoms with Gasteiger partial charge < -0.3 is 10.1 Å². The van der Waals surface area contributed by atoms with Crippen LogP contribution in [0.1, 0.15) is 39.3 Å². The molecular formula is C14H22BrNO. The summed E-state index contributed by atoms with van der Waals surface area (Å²) in [5, 5.41) is 3.54. The molecule has 0 saturated carbocycles. The molecule has 0 spiro atoms. The van der Waals surface area contributed by atoms with Gasteiger partial charge in [0.2, 0.25) is 0 Å². The van der Waals surface area contributed by atoms with Gasteiger partial charge in [-0.1, -0.05) is 43.6 Å². The number of hydrogen-bond donors (Lipinski definition) is 1. The molecule has 0 fully saturated rings. The Morgan fingerprint density at radius 1 is 1.35 bits per heavy atom. The van der Waals surface area contributed by atoms with Crippen molar-refractivity contribution in [1.82, 2.24) is 5.32 Å². The lowest BCUT2D eigenvalue weighted by Gasteiger charge is -2.33. The number of methoxy groups -OCH3 is 1. The molecule has 1 N–H and O–H groups in total. The fourth-order valence-electron chi connectivity index (χ4n) is 2.02. The molecule has 0 aliphatic heterocycles. The van der Waals surface area contributed by atoms with Crippen LogP contribution in [0.15, 0.2) is 22.7 Å². The molecule has 96 valence electrons. The van der Waals surface area contributed by atoms with Crippen molar-refractivity contribution in [2.24, 2.45) is 5.41 Å². The molecule has 1 aromatic rings. The summed E-state index contributed by atoms with van der Waals surface area (Å²) in [5.41, 5.74) is 1.35. The van der Waals surface area contributed by atoms with E-state index in [1.165, 1.54) is 5.56 Å².